The molecule has 0 spiro atoms. The van der Waals surface area contributed by atoms with Gasteiger partial charge in [-0.2, -0.15) is 11.8 Å². The summed E-state index contributed by atoms with van der Waals surface area (Å²) in [5.74, 6) is 1.14. The normalized spacial score (nSPS) is 10.7. The molecule has 2 aromatic rings. The van der Waals surface area contributed by atoms with E-state index in [2.05, 4.69) is 21.2 Å². The van der Waals surface area contributed by atoms with Crippen LogP contribution in [0.2, 0.25) is 0 Å². The Hall–Kier alpha value is -1.01. The number of furan rings is 1. The summed E-state index contributed by atoms with van der Waals surface area (Å²) >= 11 is 4.69. The Morgan fingerprint density at radius 1 is 1.21 bits per heavy atom. The minimum absolute atomic E-state index is 0.221. The highest BCUT2D eigenvalue weighted by atomic mass is 79.9. The van der Waals surface area contributed by atoms with Gasteiger partial charge in [0.05, 0.1) is 22.5 Å². The average Bonchev–Trinajstić information content (AvgIpc) is 2.80. The van der Waals surface area contributed by atoms with E-state index in [1.807, 2.05) is 18.4 Å². The lowest BCUT2D eigenvalue weighted by Crippen LogP contribution is -2.01. The van der Waals surface area contributed by atoms with Crippen molar-refractivity contribution in [2.24, 2.45) is 0 Å². The largest absolute Gasteiger partial charge is 0.463 e. The first kappa shape index (κ1) is 14.4. The van der Waals surface area contributed by atoms with Gasteiger partial charge < -0.3 is 9.73 Å². The Balaban J connectivity index is 2.03. The first-order valence-corrected chi connectivity index (χ1v) is 7.74. The summed E-state index contributed by atoms with van der Waals surface area (Å²) in [5.41, 5.74) is 0.232. The molecule has 0 aliphatic heterocycles. The molecule has 0 unspecified atom stereocenters. The molecule has 2 nitrogen and oxygen atoms in total. The second-order valence-electron chi connectivity index (χ2n) is 3.90. The number of halogens is 3. The van der Waals surface area contributed by atoms with Gasteiger partial charge in [0.15, 0.2) is 0 Å². The van der Waals surface area contributed by atoms with Crippen LogP contribution in [0.1, 0.15) is 11.5 Å². The molecule has 19 heavy (non-hydrogen) atoms. The number of rotatable bonds is 5. The second kappa shape index (κ2) is 6.43. The molecule has 1 aromatic heterocycles. The number of hydrogen-bond donors (Lipinski definition) is 1. The molecule has 0 amide bonds. The van der Waals surface area contributed by atoms with Crippen molar-refractivity contribution in [3.8, 4) is 0 Å². The maximum Gasteiger partial charge on any atom is 0.149 e. The van der Waals surface area contributed by atoms with Crippen LogP contribution in [0.5, 0.6) is 0 Å². The fourth-order valence-corrected chi connectivity index (χ4v) is 2.36. The molecule has 6 heteroatoms. The molecule has 0 bridgehead atoms. The molecule has 0 aliphatic carbocycles. The molecule has 0 radical (unpaired) electrons. The van der Waals surface area contributed by atoms with Gasteiger partial charge in [-0.15, -0.1) is 0 Å². The molecule has 0 aliphatic rings. The lowest BCUT2D eigenvalue weighted by molar-refractivity contribution is 0.487. The molecule has 1 N–H and O–H groups in total. The zero-order chi connectivity index (χ0) is 13.8. The van der Waals surface area contributed by atoms with Crippen LogP contribution >= 0.6 is 27.7 Å². The third kappa shape index (κ3) is 3.73. The SMILES string of the molecule is CSCc1ccc(CNc2cc(Br)c(F)cc2F)o1. The maximum absolute atomic E-state index is 13.5. The van der Waals surface area contributed by atoms with Gasteiger partial charge in [-0.25, -0.2) is 8.78 Å². The Morgan fingerprint density at radius 3 is 2.68 bits per heavy atom. The minimum Gasteiger partial charge on any atom is -0.463 e. The van der Waals surface area contributed by atoms with Crippen LogP contribution in [0.25, 0.3) is 0 Å². The molecule has 0 saturated carbocycles. The van der Waals surface area contributed by atoms with Gasteiger partial charge in [0.25, 0.3) is 0 Å². The maximum atomic E-state index is 13.5. The van der Waals surface area contributed by atoms with E-state index in [-0.39, 0.29) is 10.2 Å². The smallest absolute Gasteiger partial charge is 0.149 e. The molecule has 0 fully saturated rings. The van der Waals surface area contributed by atoms with E-state index < -0.39 is 11.6 Å². The van der Waals surface area contributed by atoms with Crippen molar-refractivity contribution in [3.05, 3.63) is 51.9 Å². The Bertz CT molecular complexity index is 574. The van der Waals surface area contributed by atoms with Crippen molar-refractivity contribution >= 4 is 33.4 Å². The van der Waals surface area contributed by atoms with E-state index in [0.717, 1.165) is 17.6 Å². The van der Waals surface area contributed by atoms with Gasteiger partial charge in [-0.3, -0.25) is 0 Å². The molecule has 2 rings (SSSR count). The van der Waals surface area contributed by atoms with Gasteiger partial charge in [-0.05, 0) is 40.4 Å². The average molecular weight is 348 g/mol. The lowest BCUT2D eigenvalue weighted by Gasteiger charge is -2.07. The van der Waals surface area contributed by atoms with Gasteiger partial charge in [-0.1, -0.05) is 0 Å². The van der Waals surface area contributed by atoms with Crippen LogP contribution < -0.4 is 5.32 Å². The van der Waals surface area contributed by atoms with Crippen molar-refractivity contribution in [2.45, 2.75) is 12.3 Å². The predicted octanol–water partition coefficient (Wildman–Crippen LogP) is 4.80. The van der Waals surface area contributed by atoms with Crippen molar-refractivity contribution in [3.63, 3.8) is 0 Å². The van der Waals surface area contributed by atoms with Crippen LogP contribution in [0.4, 0.5) is 14.5 Å². The van der Waals surface area contributed by atoms with Crippen LogP contribution in [0.3, 0.4) is 0 Å². The fourth-order valence-electron chi connectivity index (χ4n) is 1.58. The van der Waals surface area contributed by atoms with Crippen molar-refractivity contribution in [2.75, 3.05) is 11.6 Å². The monoisotopic (exact) mass is 347 g/mol. The third-order valence-corrected chi connectivity index (χ3v) is 3.65. The number of anilines is 1. The summed E-state index contributed by atoms with van der Waals surface area (Å²) in [7, 11) is 0. The summed E-state index contributed by atoms with van der Waals surface area (Å²) in [5, 5.41) is 2.88. The van der Waals surface area contributed by atoms with E-state index >= 15 is 0 Å². The van der Waals surface area contributed by atoms with Crippen molar-refractivity contribution in [1.82, 2.24) is 0 Å². The first-order valence-electron chi connectivity index (χ1n) is 5.55. The van der Waals surface area contributed by atoms with Crippen molar-refractivity contribution in [1.29, 1.82) is 0 Å². The van der Waals surface area contributed by atoms with Gasteiger partial charge >= 0.3 is 0 Å². The predicted molar refractivity (Wildman–Crippen MR) is 77.3 cm³/mol. The summed E-state index contributed by atoms with van der Waals surface area (Å²) in [6.45, 7) is 0.351. The zero-order valence-corrected chi connectivity index (χ0v) is 12.6. The summed E-state index contributed by atoms with van der Waals surface area (Å²) in [4.78, 5) is 0. The van der Waals surface area contributed by atoms with E-state index in [9.17, 15) is 8.78 Å². The number of thioether (sulfide) groups is 1. The second-order valence-corrected chi connectivity index (χ2v) is 5.62. The fraction of sp³-hybridized carbons (Fsp3) is 0.231. The van der Waals surface area contributed by atoms with Crippen LogP contribution in [-0.2, 0) is 12.3 Å². The summed E-state index contributed by atoms with van der Waals surface area (Å²) in [6.07, 6.45) is 1.99. The number of nitrogens with one attached hydrogen (secondary N) is 1. The molecule has 1 heterocycles. The highest BCUT2D eigenvalue weighted by molar-refractivity contribution is 9.10. The van der Waals surface area contributed by atoms with E-state index in [0.29, 0.717) is 12.3 Å². The minimum atomic E-state index is -0.628. The topological polar surface area (TPSA) is 25.2 Å². The van der Waals surface area contributed by atoms with E-state index in [1.165, 1.54) is 6.07 Å². The van der Waals surface area contributed by atoms with E-state index in [4.69, 9.17) is 4.42 Å². The highest BCUT2D eigenvalue weighted by Gasteiger charge is 2.09. The first-order chi connectivity index (χ1) is 9.10. The lowest BCUT2D eigenvalue weighted by atomic mass is 10.3. The highest BCUT2D eigenvalue weighted by Crippen LogP contribution is 2.24. The molecule has 0 atom stereocenters. The molecule has 102 valence electrons. The number of hydrogen-bond acceptors (Lipinski definition) is 3. The van der Waals surface area contributed by atoms with Crippen LogP contribution in [0.15, 0.2) is 33.2 Å². The van der Waals surface area contributed by atoms with E-state index in [1.54, 1.807) is 11.8 Å². The number of benzene rings is 1. The van der Waals surface area contributed by atoms with Crippen LogP contribution in [-0.4, -0.2) is 6.26 Å². The summed E-state index contributed by atoms with van der Waals surface area (Å²) < 4.78 is 32.3. The Labute approximate surface area is 122 Å². The quantitative estimate of drug-likeness (QED) is 0.786. The Kier molecular flexibility index (Phi) is 4.87. The van der Waals surface area contributed by atoms with Crippen LogP contribution in [0, 0.1) is 11.6 Å². The van der Waals surface area contributed by atoms with Crippen molar-refractivity contribution < 1.29 is 13.2 Å². The van der Waals surface area contributed by atoms with Gasteiger partial charge in [0.2, 0.25) is 0 Å². The summed E-state index contributed by atoms with van der Waals surface area (Å²) in [6, 6.07) is 5.95. The molecular formula is C13H12BrF2NOS. The third-order valence-electron chi connectivity index (χ3n) is 2.47. The standard InChI is InChI=1S/C13H12BrF2NOS/c1-19-7-9-3-2-8(18-9)6-17-13-4-10(14)11(15)5-12(13)16/h2-5,17H,6-7H2,1H3. The molecule has 0 saturated heterocycles. The molecule has 1 aromatic carbocycles. The van der Waals surface area contributed by atoms with Gasteiger partial charge in [0, 0.05) is 6.07 Å². The zero-order valence-electron chi connectivity index (χ0n) is 10.2. The molecular weight excluding hydrogens is 336 g/mol. The Morgan fingerprint density at radius 2 is 1.95 bits per heavy atom. The van der Waals surface area contributed by atoms with Gasteiger partial charge in [0.1, 0.15) is 23.2 Å².